The van der Waals surface area contributed by atoms with Gasteiger partial charge in [-0.1, -0.05) is 5.16 Å². The zero-order valence-corrected chi connectivity index (χ0v) is 7.79. The molecule has 0 radical (unpaired) electrons. The third kappa shape index (κ3) is 1.24. The van der Waals surface area contributed by atoms with Gasteiger partial charge in [0.15, 0.2) is 11.6 Å². The Kier molecular flexibility index (Phi) is 1.69. The molecule has 0 bridgehead atoms. The van der Waals surface area contributed by atoms with Gasteiger partial charge in [0.25, 0.3) is 5.89 Å². The fourth-order valence-corrected chi connectivity index (χ4v) is 1.10. The van der Waals surface area contributed by atoms with E-state index in [0.717, 1.165) is 11.1 Å². The number of furan rings is 1. The van der Waals surface area contributed by atoms with Crippen LogP contribution in [0, 0.1) is 20.8 Å². The Morgan fingerprint density at radius 3 is 2.46 bits per heavy atom. The van der Waals surface area contributed by atoms with Crippen molar-refractivity contribution in [3.8, 4) is 11.7 Å². The van der Waals surface area contributed by atoms with Crippen molar-refractivity contribution >= 4 is 0 Å². The fourth-order valence-electron chi connectivity index (χ4n) is 1.10. The molecule has 0 N–H and O–H groups in total. The van der Waals surface area contributed by atoms with E-state index in [9.17, 15) is 0 Å². The zero-order valence-electron chi connectivity index (χ0n) is 7.79. The molecule has 2 heterocycles. The Bertz CT molecular complexity index is 429. The minimum atomic E-state index is 0.447. The van der Waals surface area contributed by atoms with E-state index in [4.69, 9.17) is 8.94 Å². The SMILES string of the molecule is Cc1noc(-c2occ(C)c2C)n1. The quantitative estimate of drug-likeness (QED) is 0.672. The topological polar surface area (TPSA) is 52.1 Å². The van der Waals surface area contributed by atoms with Gasteiger partial charge < -0.3 is 8.94 Å². The van der Waals surface area contributed by atoms with Gasteiger partial charge in [-0.05, 0) is 26.3 Å². The standard InChI is InChI=1S/C9H10N2O2/c1-5-4-12-8(6(5)2)9-10-7(3)11-13-9/h4H,1-3H3. The molecular weight excluding hydrogens is 168 g/mol. The Balaban J connectivity index is 2.52. The molecule has 0 aliphatic heterocycles. The molecule has 13 heavy (non-hydrogen) atoms. The van der Waals surface area contributed by atoms with E-state index in [2.05, 4.69) is 10.1 Å². The highest BCUT2D eigenvalue weighted by Gasteiger charge is 2.14. The van der Waals surface area contributed by atoms with Crippen LogP contribution >= 0.6 is 0 Å². The zero-order chi connectivity index (χ0) is 9.42. The number of aryl methyl sites for hydroxylation is 2. The van der Waals surface area contributed by atoms with Crippen LogP contribution in [-0.4, -0.2) is 10.1 Å². The molecule has 4 nitrogen and oxygen atoms in total. The number of hydrogen-bond donors (Lipinski definition) is 0. The van der Waals surface area contributed by atoms with E-state index in [1.807, 2.05) is 13.8 Å². The summed E-state index contributed by atoms with van der Waals surface area (Å²) < 4.78 is 10.3. The summed E-state index contributed by atoms with van der Waals surface area (Å²) in [6.07, 6.45) is 1.68. The minimum absolute atomic E-state index is 0.447. The lowest BCUT2D eigenvalue weighted by Gasteiger charge is -1.89. The molecule has 0 atom stereocenters. The highest BCUT2D eigenvalue weighted by molar-refractivity contribution is 5.52. The molecule has 0 aliphatic carbocycles. The Labute approximate surface area is 75.6 Å². The van der Waals surface area contributed by atoms with Crippen LogP contribution < -0.4 is 0 Å². The van der Waals surface area contributed by atoms with Gasteiger partial charge in [0.1, 0.15) is 0 Å². The number of aromatic nitrogens is 2. The third-order valence-corrected chi connectivity index (χ3v) is 2.01. The summed E-state index contributed by atoms with van der Waals surface area (Å²) >= 11 is 0. The Morgan fingerprint density at radius 2 is 2.00 bits per heavy atom. The van der Waals surface area contributed by atoms with Gasteiger partial charge in [0, 0.05) is 5.56 Å². The minimum Gasteiger partial charge on any atom is -0.459 e. The summed E-state index contributed by atoms with van der Waals surface area (Å²) in [6, 6.07) is 0. The van der Waals surface area contributed by atoms with Crippen molar-refractivity contribution in [2.45, 2.75) is 20.8 Å². The molecular formula is C9H10N2O2. The summed E-state index contributed by atoms with van der Waals surface area (Å²) in [5, 5.41) is 3.70. The van der Waals surface area contributed by atoms with E-state index in [1.165, 1.54) is 0 Å². The molecule has 0 saturated heterocycles. The third-order valence-electron chi connectivity index (χ3n) is 2.01. The van der Waals surface area contributed by atoms with Crippen molar-refractivity contribution in [2.75, 3.05) is 0 Å². The molecule has 0 saturated carbocycles. The van der Waals surface area contributed by atoms with Gasteiger partial charge >= 0.3 is 0 Å². The van der Waals surface area contributed by atoms with Crippen LogP contribution in [-0.2, 0) is 0 Å². The van der Waals surface area contributed by atoms with Gasteiger partial charge in [0.2, 0.25) is 0 Å². The van der Waals surface area contributed by atoms with E-state index in [-0.39, 0.29) is 0 Å². The van der Waals surface area contributed by atoms with Crippen LogP contribution in [0.15, 0.2) is 15.2 Å². The van der Waals surface area contributed by atoms with Crippen LogP contribution in [0.25, 0.3) is 11.7 Å². The summed E-state index contributed by atoms with van der Waals surface area (Å²) in [5.41, 5.74) is 2.13. The normalized spacial score (nSPS) is 10.7. The van der Waals surface area contributed by atoms with Crippen LogP contribution in [0.1, 0.15) is 17.0 Å². The first-order valence-corrected chi connectivity index (χ1v) is 4.04. The lowest BCUT2D eigenvalue weighted by atomic mass is 10.2. The van der Waals surface area contributed by atoms with E-state index in [0.29, 0.717) is 17.5 Å². The molecule has 0 aromatic carbocycles. The first kappa shape index (κ1) is 8.04. The van der Waals surface area contributed by atoms with Crippen LogP contribution in [0.5, 0.6) is 0 Å². The summed E-state index contributed by atoms with van der Waals surface area (Å²) in [7, 11) is 0. The summed E-state index contributed by atoms with van der Waals surface area (Å²) in [5.74, 6) is 1.73. The first-order chi connectivity index (χ1) is 6.18. The molecule has 0 aliphatic rings. The largest absolute Gasteiger partial charge is 0.459 e. The summed E-state index contributed by atoms with van der Waals surface area (Å²) in [4.78, 5) is 4.08. The predicted octanol–water partition coefficient (Wildman–Crippen LogP) is 2.25. The highest BCUT2D eigenvalue weighted by Crippen LogP contribution is 2.25. The maximum atomic E-state index is 5.30. The predicted molar refractivity (Wildman–Crippen MR) is 46.2 cm³/mol. The van der Waals surface area contributed by atoms with Crippen molar-refractivity contribution < 1.29 is 8.94 Å². The summed E-state index contributed by atoms with van der Waals surface area (Å²) in [6.45, 7) is 5.72. The molecule has 2 aromatic rings. The molecule has 0 fully saturated rings. The number of hydrogen-bond acceptors (Lipinski definition) is 4. The Hall–Kier alpha value is -1.58. The smallest absolute Gasteiger partial charge is 0.293 e. The van der Waals surface area contributed by atoms with Gasteiger partial charge in [-0.25, -0.2) is 0 Å². The second-order valence-corrected chi connectivity index (χ2v) is 3.02. The van der Waals surface area contributed by atoms with Crippen LogP contribution in [0.4, 0.5) is 0 Å². The van der Waals surface area contributed by atoms with Gasteiger partial charge in [-0.3, -0.25) is 0 Å². The lowest BCUT2D eigenvalue weighted by Crippen LogP contribution is -1.79. The second-order valence-electron chi connectivity index (χ2n) is 3.02. The Morgan fingerprint density at radius 1 is 1.23 bits per heavy atom. The monoisotopic (exact) mass is 178 g/mol. The molecule has 68 valence electrons. The van der Waals surface area contributed by atoms with Gasteiger partial charge in [0.05, 0.1) is 6.26 Å². The van der Waals surface area contributed by atoms with Gasteiger partial charge in [-0.15, -0.1) is 0 Å². The fraction of sp³-hybridized carbons (Fsp3) is 0.333. The van der Waals surface area contributed by atoms with E-state index < -0.39 is 0 Å². The van der Waals surface area contributed by atoms with Crippen LogP contribution in [0.3, 0.4) is 0 Å². The van der Waals surface area contributed by atoms with Crippen molar-refractivity contribution in [1.82, 2.24) is 10.1 Å². The maximum Gasteiger partial charge on any atom is 0.293 e. The van der Waals surface area contributed by atoms with Crippen molar-refractivity contribution in [2.24, 2.45) is 0 Å². The van der Waals surface area contributed by atoms with Crippen molar-refractivity contribution in [3.63, 3.8) is 0 Å². The maximum absolute atomic E-state index is 5.30. The molecule has 0 spiro atoms. The van der Waals surface area contributed by atoms with Crippen LogP contribution in [0.2, 0.25) is 0 Å². The first-order valence-electron chi connectivity index (χ1n) is 4.04. The second kappa shape index (κ2) is 2.73. The molecule has 2 rings (SSSR count). The number of rotatable bonds is 1. The average Bonchev–Trinajstić information content (AvgIpc) is 2.62. The molecule has 0 unspecified atom stereocenters. The van der Waals surface area contributed by atoms with Crippen molar-refractivity contribution in [3.05, 3.63) is 23.2 Å². The molecule has 0 amide bonds. The van der Waals surface area contributed by atoms with E-state index >= 15 is 0 Å². The molecule has 2 aromatic heterocycles. The average molecular weight is 178 g/mol. The van der Waals surface area contributed by atoms with E-state index in [1.54, 1.807) is 13.2 Å². The number of nitrogens with zero attached hydrogens (tertiary/aromatic N) is 2. The lowest BCUT2D eigenvalue weighted by molar-refractivity contribution is 0.411. The van der Waals surface area contributed by atoms with Gasteiger partial charge in [-0.2, -0.15) is 4.98 Å². The highest BCUT2D eigenvalue weighted by atomic mass is 16.5. The van der Waals surface area contributed by atoms with Crippen molar-refractivity contribution in [1.29, 1.82) is 0 Å². The molecule has 4 heteroatoms.